The normalized spacial score (nSPS) is 26.6. The Morgan fingerprint density at radius 2 is 1.23 bits per heavy atom. The van der Waals surface area contributed by atoms with E-state index >= 15 is 0 Å². The smallest absolute Gasteiger partial charge is 0.312 e. The van der Waals surface area contributed by atoms with Crippen LogP contribution in [0.2, 0.25) is 0 Å². The van der Waals surface area contributed by atoms with Gasteiger partial charge in [0.05, 0.1) is 24.2 Å². The molecule has 1 saturated carbocycles. The predicted molar refractivity (Wildman–Crippen MR) is 349 cm³/mol. The molecule has 0 amide bonds. The minimum absolute atomic E-state index is 0.00324. The molecule has 83 heavy (non-hydrogen) atoms. The van der Waals surface area contributed by atoms with Crippen molar-refractivity contribution in [1.29, 1.82) is 0 Å². The van der Waals surface area contributed by atoms with Crippen LogP contribution in [0.5, 0.6) is 0 Å². The van der Waals surface area contributed by atoms with Crippen molar-refractivity contribution >= 4 is 5.97 Å². The Balaban J connectivity index is 0.000000215. The minimum Gasteiger partial charge on any atom is -0.466 e. The number of hydrogen-bond donors (Lipinski definition) is 2. The zero-order valence-corrected chi connectivity index (χ0v) is 56.5. The first-order valence-electron chi connectivity index (χ1n) is 34.5. The summed E-state index contributed by atoms with van der Waals surface area (Å²) < 4.78 is 35.0. The van der Waals surface area contributed by atoms with Crippen LogP contribution < -0.4 is 10.6 Å². The number of piperidine rings is 3. The Kier molecular flexibility index (Phi) is 34.1. The van der Waals surface area contributed by atoms with Crippen molar-refractivity contribution in [2.24, 2.45) is 81.8 Å². The van der Waals surface area contributed by atoms with Crippen molar-refractivity contribution in [3.63, 3.8) is 0 Å². The van der Waals surface area contributed by atoms with Crippen LogP contribution in [-0.2, 0) is 30.3 Å². The van der Waals surface area contributed by atoms with Crippen LogP contribution in [0.15, 0.2) is 54.6 Å². The number of likely N-dealkylation sites (tertiary alicyclic amines) is 1. The molecule has 2 N–H and O–H groups in total. The van der Waals surface area contributed by atoms with E-state index in [1.54, 1.807) is 0 Å². The van der Waals surface area contributed by atoms with Crippen LogP contribution >= 0.6 is 0 Å². The fourth-order valence-corrected chi connectivity index (χ4v) is 14.5. The molecular weight excluding hydrogens is 1030 g/mol. The Bertz CT molecular complexity index is 1950. The second-order valence-electron chi connectivity index (χ2n) is 29.2. The Labute approximate surface area is 511 Å². The van der Waals surface area contributed by atoms with Crippen LogP contribution in [0.3, 0.4) is 0 Å². The van der Waals surface area contributed by atoms with E-state index in [0.29, 0.717) is 30.0 Å². The topological polar surface area (TPSA) is 81.3 Å². The Hall–Kier alpha value is -2.40. The number of ether oxygens (including phenoxy) is 4. The van der Waals surface area contributed by atoms with Crippen molar-refractivity contribution in [1.82, 2.24) is 15.5 Å². The van der Waals surface area contributed by atoms with Crippen molar-refractivity contribution in [2.75, 3.05) is 65.8 Å². The zero-order valence-electron chi connectivity index (χ0n) is 56.5. The molecule has 478 valence electrons. The van der Waals surface area contributed by atoms with Crippen LogP contribution in [0.25, 0.3) is 0 Å². The van der Waals surface area contributed by atoms with E-state index in [-0.39, 0.29) is 23.3 Å². The first-order chi connectivity index (χ1) is 39.6. The average Bonchev–Trinajstić information content (AvgIpc) is 3.68. The summed E-state index contributed by atoms with van der Waals surface area (Å²) in [4.78, 5) is 14.5. The summed E-state index contributed by atoms with van der Waals surface area (Å²) in [5.74, 6) is 9.51. The zero-order chi connectivity index (χ0) is 61.0. The molecule has 2 aromatic rings. The van der Waals surface area contributed by atoms with Gasteiger partial charge in [0.15, 0.2) is 0 Å². The number of halogens is 1. The van der Waals surface area contributed by atoms with E-state index in [2.05, 4.69) is 150 Å². The van der Waals surface area contributed by atoms with Crippen LogP contribution in [-0.4, -0.2) is 88.8 Å². The molecule has 0 bridgehead atoms. The Morgan fingerprint density at radius 3 is 1.76 bits per heavy atom. The summed E-state index contributed by atoms with van der Waals surface area (Å²) in [6, 6.07) is 18.3. The minimum atomic E-state index is -0.235. The maximum atomic E-state index is 12.8. The van der Waals surface area contributed by atoms with Crippen LogP contribution in [0, 0.1) is 87.7 Å². The number of carbonyl (C=O) groups excluding carboxylic acids is 1. The second kappa shape index (κ2) is 38.8. The van der Waals surface area contributed by atoms with Crippen molar-refractivity contribution in [3.05, 3.63) is 71.5 Å². The van der Waals surface area contributed by atoms with Gasteiger partial charge in [0.2, 0.25) is 0 Å². The third kappa shape index (κ3) is 26.1. The molecule has 1 spiro atoms. The molecule has 7 unspecified atom stereocenters. The van der Waals surface area contributed by atoms with Gasteiger partial charge in [0, 0.05) is 45.6 Å². The van der Waals surface area contributed by atoms with Gasteiger partial charge in [-0.25, -0.2) is 4.39 Å². The van der Waals surface area contributed by atoms with Gasteiger partial charge < -0.3 is 29.6 Å². The molecule has 7 aliphatic rings. The van der Waals surface area contributed by atoms with Gasteiger partial charge in [-0.2, -0.15) is 0 Å². The second-order valence-corrected chi connectivity index (χ2v) is 29.2. The van der Waals surface area contributed by atoms with Crippen LogP contribution in [0.1, 0.15) is 237 Å². The number of nitrogens with zero attached hydrogens (tertiary/aromatic N) is 1. The number of hydrogen-bond acceptors (Lipinski definition) is 8. The maximum absolute atomic E-state index is 12.8. The molecule has 6 aliphatic heterocycles. The van der Waals surface area contributed by atoms with Gasteiger partial charge in [0.25, 0.3) is 0 Å². The van der Waals surface area contributed by atoms with Gasteiger partial charge in [-0.05, 0) is 249 Å². The molecule has 0 aromatic heterocycles. The fourth-order valence-electron chi connectivity index (χ4n) is 14.5. The fraction of sp³-hybridized carbons (Fsp3) is 0.824. The molecule has 9 rings (SSSR count). The van der Waals surface area contributed by atoms with E-state index in [1.807, 2.05) is 19.1 Å². The highest BCUT2D eigenvalue weighted by Crippen LogP contribution is 2.47. The molecule has 0 radical (unpaired) electrons. The van der Waals surface area contributed by atoms with Crippen LogP contribution in [0.4, 0.5) is 4.39 Å². The highest BCUT2D eigenvalue weighted by atomic mass is 19.1. The molecular formula is C74H130FN3O5. The summed E-state index contributed by atoms with van der Waals surface area (Å²) in [5.41, 5.74) is 3.02. The maximum Gasteiger partial charge on any atom is 0.312 e. The standard InChI is InChI=1S/C15H23N.C14H19FO.C13H24O.C12H24O.C11H21NO2.C9H19N/c1-13(2)15-9-6-10-16(12-15)11-14-7-4-3-5-8-14;1-10(2)12-7-8-16-14(9-12)11-3-5-13(15)6-4-11;1-11(2)12-3-5-13(6-4-12)7-9-14-10-8-13;1-9(2)7-12-8-11(10(3)4)5-6-13-12;1-4-14-10(13)11(9(2)3)5-7-12-8-6-11;1-7(2)9-5-4-6-10-8(9)3/h3-5,7-8,13,15H,6,9-12H2,1-2H3;3-6,10,12,14H,7-9H2,1-2H3;11-12H,3-10H2,1-2H3;9-12H,5-8H2,1-4H3;9,12H,4-8H2,1-3H3;7-10H,4-6H2,1-3H3. The lowest BCUT2D eigenvalue weighted by atomic mass is 9.64. The number of carbonyl (C=O) groups is 1. The molecule has 8 nitrogen and oxygen atoms in total. The van der Waals surface area contributed by atoms with E-state index in [0.717, 1.165) is 143 Å². The number of benzene rings is 2. The van der Waals surface area contributed by atoms with E-state index in [9.17, 15) is 9.18 Å². The van der Waals surface area contributed by atoms with Crippen molar-refractivity contribution in [2.45, 2.75) is 245 Å². The highest BCUT2D eigenvalue weighted by molar-refractivity contribution is 5.77. The first kappa shape index (κ1) is 73.1. The monoisotopic (exact) mass is 1160 g/mol. The van der Waals surface area contributed by atoms with Crippen molar-refractivity contribution in [3.8, 4) is 0 Å². The molecule has 7 atom stereocenters. The van der Waals surface area contributed by atoms with Gasteiger partial charge in [-0.15, -0.1) is 0 Å². The summed E-state index contributed by atoms with van der Waals surface area (Å²) in [7, 11) is 0. The molecule has 1 aliphatic carbocycles. The SMILES string of the molecule is CC(C)C1CCC2(CCOCC2)CC1.CC(C)C1CCCN(Cc2ccccc2)C1.CC(C)C1CCCNC1C.CC(C)C1CCOC(c2ccc(F)cc2)C1.CC(C)CC1CC(C(C)C)CCO1.CCOC(=O)C1(C(C)C)CCNCC1. The average molecular weight is 1160 g/mol. The lowest BCUT2D eigenvalue weighted by Crippen LogP contribution is -2.46. The van der Waals surface area contributed by atoms with Gasteiger partial charge >= 0.3 is 5.97 Å². The molecule has 9 heteroatoms. The van der Waals surface area contributed by atoms with E-state index in [1.165, 1.54) is 121 Å². The van der Waals surface area contributed by atoms with Crippen molar-refractivity contribution < 1.29 is 28.1 Å². The largest absolute Gasteiger partial charge is 0.466 e. The number of esters is 1. The third-order valence-corrected chi connectivity index (χ3v) is 20.9. The van der Waals surface area contributed by atoms with Gasteiger partial charge in [-0.1, -0.05) is 139 Å². The van der Waals surface area contributed by atoms with E-state index in [4.69, 9.17) is 18.9 Å². The summed E-state index contributed by atoms with van der Waals surface area (Å²) in [6.45, 7) is 47.4. The predicted octanol–water partition coefficient (Wildman–Crippen LogP) is 18.2. The lowest BCUT2D eigenvalue weighted by molar-refractivity contribution is -0.160. The summed E-state index contributed by atoms with van der Waals surface area (Å²) in [5, 5.41) is 6.80. The summed E-state index contributed by atoms with van der Waals surface area (Å²) >= 11 is 0. The highest BCUT2D eigenvalue weighted by Gasteiger charge is 2.43. The number of nitrogens with one attached hydrogen (secondary N) is 2. The van der Waals surface area contributed by atoms with E-state index < -0.39 is 0 Å². The van der Waals surface area contributed by atoms with Gasteiger partial charge in [-0.3, -0.25) is 9.69 Å². The molecule has 2 aromatic carbocycles. The lowest BCUT2D eigenvalue weighted by Gasteiger charge is -2.43. The third-order valence-electron chi connectivity index (χ3n) is 20.9. The van der Waals surface area contributed by atoms with Gasteiger partial charge in [0.1, 0.15) is 5.82 Å². The Morgan fingerprint density at radius 1 is 0.639 bits per heavy atom. The molecule has 7 fully saturated rings. The first-order valence-corrected chi connectivity index (χ1v) is 34.5. The summed E-state index contributed by atoms with van der Waals surface area (Å²) in [6.07, 6.45) is 22.6. The quantitative estimate of drug-likeness (QED) is 0.192. The number of rotatable bonds is 13. The molecule has 6 saturated heterocycles. The molecule has 6 heterocycles.